The minimum absolute atomic E-state index is 0.00512. The lowest BCUT2D eigenvalue weighted by molar-refractivity contribution is -0.253. The Labute approximate surface area is 300 Å². The van der Waals surface area contributed by atoms with Crippen LogP contribution in [0.15, 0.2) is 72.8 Å². The monoisotopic (exact) mass is 682 g/mol. The van der Waals surface area contributed by atoms with Crippen LogP contribution in [0.4, 0.5) is 0 Å². The van der Waals surface area contributed by atoms with E-state index in [1.807, 2.05) is 36.4 Å². The van der Waals surface area contributed by atoms with Crippen molar-refractivity contribution in [2.24, 2.45) is 0 Å². The summed E-state index contributed by atoms with van der Waals surface area (Å²) < 4.78 is 13.4. The topological polar surface area (TPSA) is 79.3 Å². The average molecular weight is 683 g/mol. The molecule has 0 unspecified atom stereocenters. The molecule has 7 nitrogen and oxygen atoms in total. The molecule has 5 rings (SSSR count). The van der Waals surface area contributed by atoms with Gasteiger partial charge in [-0.1, -0.05) is 139 Å². The first-order valence-electron chi connectivity index (χ1n) is 19.3. The Kier molecular flexibility index (Phi) is 15.1. The van der Waals surface area contributed by atoms with Crippen LogP contribution < -0.4 is 0 Å². The average Bonchev–Trinajstić information content (AvgIpc) is 3.39. The number of amides is 2. The Morgan fingerprint density at radius 2 is 1.18 bits per heavy atom. The number of imide groups is 1. The van der Waals surface area contributed by atoms with Crippen LogP contribution in [0.25, 0.3) is 0 Å². The molecule has 0 aromatic heterocycles. The second kappa shape index (κ2) is 19.9. The third kappa shape index (κ3) is 10.6. The maximum atomic E-state index is 13.0. The predicted octanol–water partition coefficient (Wildman–Crippen LogP) is 9.54. The highest BCUT2D eigenvalue weighted by Crippen LogP contribution is 2.38. The third-order valence-corrected chi connectivity index (χ3v) is 10.2. The molecule has 1 fully saturated rings. The molecule has 0 saturated carbocycles. The number of aliphatic hydroxyl groups excluding tert-OH is 1. The molecular formula is C43H58N2O5. The van der Waals surface area contributed by atoms with Crippen molar-refractivity contribution in [3.05, 3.63) is 106 Å². The molecule has 3 atom stereocenters. The van der Waals surface area contributed by atoms with Crippen molar-refractivity contribution in [1.82, 2.24) is 9.80 Å². The van der Waals surface area contributed by atoms with Gasteiger partial charge in [0, 0.05) is 18.5 Å². The number of rotatable bonds is 21. The molecule has 7 heteroatoms. The molecule has 2 heterocycles. The van der Waals surface area contributed by atoms with Gasteiger partial charge in [-0.15, -0.1) is 0 Å². The van der Waals surface area contributed by atoms with Crippen LogP contribution in [0.3, 0.4) is 0 Å². The van der Waals surface area contributed by atoms with Crippen molar-refractivity contribution in [3.63, 3.8) is 0 Å². The molecule has 2 aliphatic rings. The van der Waals surface area contributed by atoms with Crippen LogP contribution in [-0.2, 0) is 22.6 Å². The van der Waals surface area contributed by atoms with Gasteiger partial charge < -0.3 is 19.5 Å². The van der Waals surface area contributed by atoms with Crippen LogP contribution >= 0.6 is 0 Å². The van der Waals surface area contributed by atoms with Gasteiger partial charge in [0.25, 0.3) is 11.8 Å². The normalized spacial score (nSPS) is 19.0. The number of hydrogen-bond donors (Lipinski definition) is 1. The van der Waals surface area contributed by atoms with Crippen LogP contribution in [0.2, 0.25) is 0 Å². The molecule has 1 saturated heterocycles. The zero-order valence-electron chi connectivity index (χ0n) is 30.4. The molecule has 2 amide bonds. The van der Waals surface area contributed by atoms with Gasteiger partial charge in [0.2, 0.25) is 0 Å². The minimum Gasteiger partial charge on any atom is -0.392 e. The number of aliphatic hydroxyl groups is 1. The fourth-order valence-corrected chi connectivity index (χ4v) is 7.19. The van der Waals surface area contributed by atoms with Crippen molar-refractivity contribution in [2.75, 3.05) is 19.6 Å². The van der Waals surface area contributed by atoms with Gasteiger partial charge in [-0.2, -0.15) is 0 Å². The second-order valence-corrected chi connectivity index (χ2v) is 14.2. The van der Waals surface area contributed by atoms with Gasteiger partial charge in [0.1, 0.15) is 0 Å². The van der Waals surface area contributed by atoms with E-state index in [0.29, 0.717) is 11.1 Å². The second-order valence-electron chi connectivity index (χ2n) is 14.2. The first-order valence-corrected chi connectivity index (χ1v) is 19.3. The van der Waals surface area contributed by atoms with E-state index in [1.165, 1.54) is 81.9 Å². The van der Waals surface area contributed by atoms with E-state index in [4.69, 9.17) is 9.47 Å². The Morgan fingerprint density at radius 1 is 0.660 bits per heavy atom. The van der Waals surface area contributed by atoms with E-state index in [-0.39, 0.29) is 37.2 Å². The molecule has 270 valence electrons. The van der Waals surface area contributed by atoms with Crippen LogP contribution in [0.5, 0.6) is 0 Å². The van der Waals surface area contributed by atoms with E-state index in [1.54, 1.807) is 24.3 Å². The standard InChI is InChI=1S/C43H58N2O5/c1-3-5-7-9-11-15-27-44(28-16-12-10-8-6-4-2)31-37-29-40(35-23-21-34(32-46)22-24-35)50-43(49-37)36-25-19-33(20-26-36)30-45-41(47)38-17-13-14-18-39(38)42(45)48/h13-14,17-26,37,40,43,46H,3-12,15-16,27-32H2,1-2H3/t37-,40+,43+/m1/s1. The first kappa shape index (κ1) is 37.9. The van der Waals surface area contributed by atoms with E-state index in [2.05, 4.69) is 30.9 Å². The summed E-state index contributed by atoms with van der Waals surface area (Å²) in [5.41, 5.74) is 4.67. The molecule has 3 aromatic carbocycles. The smallest absolute Gasteiger partial charge is 0.261 e. The molecule has 0 radical (unpaired) electrons. The molecule has 0 bridgehead atoms. The molecule has 0 aliphatic carbocycles. The van der Waals surface area contributed by atoms with Gasteiger partial charge in [-0.25, -0.2) is 0 Å². The fraction of sp³-hybridized carbons (Fsp3) is 0.535. The van der Waals surface area contributed by atoms with Gasteiger partial charge in [-0.3, -0.25) is 14.5 Å². The quantitative estimate of drug-likeness (QED) is 0.0891. The highest BCUT2D eigenvalue weighted by Gasteiger charge is 2.36. The first-order chi connectivity index (χ1) is 24.5. The van der Waals surface area contributed by atoms with Crippen molar-refractivity contribution >= 4 is 11.8 Å². The molecular weight excluding hydrogens is 624 g/mol. The highest BCUT2D eigenvalue weighted by molar-refractivity contribution is 6.21. The van der Waals surface area contributed by atoms with Crippen molar-refractivity contribution in [3.8, 4) is 0 Å². The Bertz CT molecular complexity index is 1420. The molecule has 3 aromatic rings. The lowest BCUT2D eigenvalue weighted by atomic mass is 9.99. The number of hydrogen-bond acceptors (Lipinski definition) is 6. The third-order valence-electron chi connectivity index (χ3n) is 10.2. The number of carbonyl (C=O) groups excluding carboxylic acids is 2. The van der Waals surface area contributed by atoms with Crippen molar-refractivity contribution in [2.45, 2.75) is 129 Å². The number of nitrogens with zero attached hydrogens (tertiary/aromatic N) is 2. The number of fused-ring (bicyclic) bond motifs is 1. The van der Waals surface area contributed by atoms with Crippen LogP contribution in [0, 0.1) is 0 Å². The van der Waals surface area contributed by atoms with E-state index in [9.17, 15) is 14.7 Å². The maximum absolute atomic E-state index is 13.0. The summed E-state index contributed by atoms with van der Waals surface area (Å²) >= 11 is 0. The number of carbonyl (C=O) groups is 2. The SMILES string of the molecule is CCCCCCCCN(CCCCCCCC)C[C@H]1C[C@@H](c2ccc(CO)cc2)O[C@@H](c2ccc(CN3C(=O)c4ccccc4C3=O)cc2)O1. The summed E-state index contributed by atoms with van der Waals surface area (Å²) in [6.45, 7) is 7.82. The van der Waals surface area contributed by atoms with Gasteiger partial charge in [-0.05, 0) is 54.8 Å². The lowest BCUT2D eigenvalue weighted by Gasteiger charge is -2.38. The minimum atomic E-state index is -0.547. The number of ether oxygens (including phenoxy) is 2. The van der Waals surface area contributed by atoms with Gasteiger partial charge in [0.05, 0.1) is 36.5 Å². The molecule has 0 spiro atoms. The van der Waals surface area contributed by atoms with Gasteiger partial charge in [0.15, 0.2) is 6.29 Å². The largest absolute Gasteiger partial charge is 0.392 e. The molecule has 1 N–H and O–H groups in total. The Hall–Kier alpha value is -3.36. The van der Waals surface area contributed by atoms with Gasteiger partial charge >= 0.3 is 0 Å². The number of unbranched alkanes of at least 4 members (excludes halogenated alkanes) is 10. The van der Waals surface area contributed by atoms with Crippen molar-refractivity contribution < 1.29 is 24.2 Å². The van der Waals surface area contributed by atoms with E-state index in [0.717, 1.165) is 48.3 Å². The Morgan fingerprint density at radius 3 is 1.74 bits per heavy atom. The summed E-state index contributed by atoms with van der Waals surface area (Å²) in [6, 6.07) is 23.0. The van der Waals surface area contributed by atoms with Crippen LogP contribution in [0.1, 0.15) is 153 Å². The lowest BCUT2D eigenvalue weighted by Crippen LogP contribution is -2.40. The zero-order chi connectivity index (χ0) is 35.1. The molecule has 2 aliphatic heterocycles. The zero-order valence-corrected chi connectivity index (χ0v) is 30.4. The maximum Gasteiger partial charge on any atom is 0.261 e. The fourth-order valence-electron chi connectivity index (χ4n) is 7.19. The molecule has 50 heavy (non-hydrogen) atoms. The summed E-state index contributed by atoms with van der Waals surface area (Å²) in [4.78, 5) is 29.9. The summed E-state index contributed by atoms with van der Waals surface area (Å²) in [7, 11) is 0. The summed E-state index contributed by atoms with van der Waals surface area (Å²) in [5.74, 6) is -0.504. The van der Waals surface area contributed by atoms with Crippen LogP contribution in [-0.4, -0.2) is 52.5 Å². The summed E-state index contributed by atoms with van der Waals surface area (Å²) in [6.07, 6.45) is 15.5. The highest BCUT2D eigenvalue weighted by atomic mass is 16.7. The van der Waals surface area contributed by atoms with E-state index >= 15 is 0 Å². The van der Waals surface area contributed by atoms with E-state index < -0.39 is 6.29 Å². The predicted molar refractivity (Wildman–Crippen MR) is 199 cm³/mol. The Balaban J connectivity index is 1.27. The van der Waals surface area contributed by atoms with Crippen molar-refractivity contribution in [1.29, 1.82) is 0 Å². The summed E-state index contributed by atoms with van der Waals surface area (Å²) in [5, 5.41) is 9.62. The number of benzene rings is 3.